The topological polar surface area (TPSA) is 96.9 Å². The van der Waals surface area contributed by atoms with Crippen molar-refractivity contribution < 1.29 is 9.72 Å². The molecule has 1 heterocycles. The van der Waals surface area contributed by atoms with Crippen molar-refractivity contribution in [3.63, 3.8) is 0 Å². The summed E-state index contributed by atoms with van der Waals surface area (Å²) in [5.41, 5.74) is 0.829. The van der Waals surface area contributed by atoms with Gasteiger partial charge in [0.15, 0.2) is 11.7 Å². The van der Waals surface area contributed by atoms with Gasteiger partial charge in [0.05, 0.1) is 16.7 Å². The molecule has 2 rings (SSSR count). The first-order chi connectivity index (χ1) is 10.6. The first-order valence-electron chi connectivity index (χ1n) is 6.39. The minimum Gasteiger partial charge on any atom is -0.293 e. The Labute approximate surface area is 126 Å². The van der Waals surface area contributed by atoms with Crippen LogP contribution in [0.1, 0.15) is 17.2 Å². The molecule has 1 aromatic heterocycles. The third-order valence-electron chi connectivity index (χ3n) is 2.92. The molecular weight excluding hydrogens is 282 g/mol. The lowest BCUT2D eigenvalue weighted by molar-refractivity contribution is -0.384. The lowest BCUT2D eigenvalue weighted by Gasteiger charge is -2.03. The minimum absolute atomic E-state index is 0.0591. The van der Waals surface area contributed by atoms with Gasteiger partial charge in [-0.25, -0.2) is 0 Å². The molecule has 0 radical (unpaired) electrons. The number of carbonyl (C=O) groups is 1. The van der Waals surface area contributed by atoms with Gasteiger partial charge in [-0.1, -0.05) is 24.3 Å². The number of pyridine rings is 1. The number of aromatic nitrogens is 1. The van der Waals surface area contributed by atoms with Crippen LogP contribution in [0.5, 0.6) is 0 Å². The number of ketones is 1. The fourth-order valence-electron chi connectivity index (χ4n) is 1.84. The van der Waals surface area contributed by atoms with Gasteiger partial charge in [0.2, 0.25) is 0 Å². The molecule has 6 heteroatoms. The van der Waals surface area contributed by atoms with E-state index in [1.165, 1.54) is 36.5 Å². The molecule has 22 heavy (non-hydrogen) atoms. The molecule has 0 bridgehead atoms. The highest BCUT2D eigenvalue weighted by Gasteiger charge is 2.18. The van der Waals surface area contributed by atoms with Gasteiger partial charge in [-0.05, 0) is 23.8 Å². The quantitative estimate of drug-likeness (QED) is 0.479. The molecule has 6 nitrogen and oxygen atoms in total. The van der Waals surface area contributed by atoms with Gasteiger partial charge in [0.1, 0.15) is 0 Å². The van der Waals surface area contributed by atoms with Crippen molar-refractivity contribution in [2.24, 2.45) is 0 Å². The van der Waals surface area contributed by atoms with Gasteiger partial charge in [-0.15, -0.1) is 0 Å². The number of nitrogens with zero attached hydrogens (tertiary/aromatic N) is 3. The summed E-state index contributed by atoms with van der Waals surface area (Å²) in [5, 5.41) is 19.8. The van der Waals surface area contributed by atoms with Crippen molar-refractivity contribution in [3.8, 4) is 6.07 Å². The SMILES string of the molecule is N#C[C@@H](C(=O)/C=C\c1cccc([N+](=O)[O-])c1)c1ccccn1. The highest BCUT2D eigenvalue weighted by molar-refractivity contribution is 6.00. The predicted octanol–water partition coefficient (Wildman–Crippen LogP) is 2.88. The average Bonchev–Trinajstić information content (AvgIpc) is 2.55. The van der Waals surface area contributed by atoms with Crippen LogP contribution < -0.4 is 0 Å². The average molecular weight is 293 g/mol. The van der Waals surface area contributed by atoms with Crippen molar-refractivity contribution >= 4 is 17.5 Å². The van der Waals surface area contributed by atoms with Crippen LogP contribution >= 0.6 is 0 Å². The number of benzene rings is 1. The van der Waals surface area contributed by atoms with Crippen LogP contribution in [0.15, 0.2) is 54.7 Å². The summed E-state index contributed by atoms with van der Waals surface area (Å²) >= 11 is 0. The van der Waals surface area contributed by atoms with Crippen molar-refractivity contribution in [2.45, 2.75) is 5.92 Å². The van der Waals surface area contributed by atoms with E-state index in [-0.39, 0.29) is 5.69 Å². The Hall–Kier alpha value is -3.33. The summed E-state index contributed by atoms with van der Waals surface area (Å²) < 4.78 is 0. The molecule has 0 amide bonds. The molecule has 0 aliphatic heterocycles. The molecular formula is C16H11N3O3. The van der Waals surface area contributed by atoms with Crippen LogP contribution in [0.2, 0.25) is 0 Å². The van der Waals surface area contributed by atoms with E-state index in [0.717, 1.165) is 0 Å². The normalized spacial score (nSPS) is 11.8. The van der Waals surface area contributed by atoms with Crippen molar-refractivity contribution in [1.82, 2.24) is 4.98 Å². The van der Waals surface area contributed by atoms with E-state index in [1.807, 2.05) is 6.07 Å². The molecule has 0 spiro atoms. The molecule has 0 aliphatic rings. The molecule has 0 aliphatic carbocycles. The van der Waals surface area contributed by atoms with Crippen LogP contribution in [0.4, 0.5) is 5.69 Å². The van der Waals surface area contributed by atoms with Crippen LogP contribution in [0, 0.1) is 21.4 Å². The fraction of sp³-hybridized carbons (Fsp3) is 0.0625. The van der Waals surface area contributed by atoms with Crippen molar-refractivity contribution in [1.29, 1.82) is 5.26 Å². The minimum atomic E-state index is -0.990. The number of hydrogen-bond acceptors (Lipinski definition) is 5. The summed E-state index contributed by atoms with van der Waals surface area (Å²) in [4.78, 5) is 26.3. The van der Waals surface area contributed by atoms with Crippen LogP contribution in [0.3, 0.4) is 0 Å². The number of hydrogen-bond donors (Lipinski definition) is 0. The van der Waals surface area contributed by atoms with Crippen LogP contribution in [0.25, 0.3) is 6.08 Å². The van der Waals surface area contributed by atoms with E-state index in [9.17, 15) is 14.9 Å². The van der Waals surface area contributed by atoms with E-state index >= 15 is 0 Å². The lowest BCUT2D eigenvalue weighted by Crippen LogP contribution is -2.09. The smallest absolute Gasteiger partial charge is 0.270 e. The standard InChI is InChI=1S/C16H11N3O3/c17-11-14(15-6-1-2-9-18-15)16(20)8-7-12-4-3-5-13(10-12)19(21)22/h1-10,14H/b8-7-/t14-/m1/s1. The molecule has 0 saturated carbocycles. The maximum absolute atomic E-state index is 12.1. The first kappa shape index (κ1) is 15.1. The number of non-ortho nitro benzene ring substituents is 1. The number of allylic oxidation sites excluding steroid dienone is 1. The second-order valence-electron chi connectivity index (χ2n) is 4.40. The molecule has 108 valence electrons. The predicted molar refractivity (Wildman–Crippen MR) is 79.7 cm³/mol. The Morgan fingerprint density at radius 2 is 2.14 bits per heavy atom. The van der Waals surface area contributed by atoms with E-state index in [2.05, 4.69) is 4.98 Å². The number of nitro groups is 1. The monoisotopic (exact) mass is 293 g/mol. The second-order valence-corrected chi connectivity index (χ2v) is 4.40. The highest BCUT2D eigenvalue weighted by atomic mass is 16.6. The van der Waals surface area contributed by atoms with Gasteiger partial charge in [-0.3, -0.25) is 19.9 Å². The summed E-state index contributed by atoms with van der Waals surface area (Å²) in [6, 6.07) is 12.8. The van der Waals surface area contributed by atoms with Crippen LogP contribution in [-0.4, -0.2) is 15.7 Å². The van der Waals surface area contributed by atoms with E-state index < -0.39 is 16.6 Å². The maximum Gasteiger partial charge on any atom is 0.270 e. The second kappa shape index (κ2) is 6.90. The zero-order valence-electron chi connectivity index (χ0n) is 11.4. The molecule has 0 fully saturated rings. The zero-order valence-corrected chi connectivity index (χ0v) is 11.4. The Kier molecular flexibility index (Phi) is 4.73. The van der Waals surface area contributed by atoms with Gasteiger partial charge in [0.25, 0.3) is 5.69 Å². The van der Waals surface area contributed by atoms with Crippen molar-refractivity contribution in [3.05, 3.63) is 76.1 Å². The van der Waals surface area contributed by atoms with Gasteiger partial charge < -0.3 is 0 Å². The number of rotatable bonds is 5. The van der Waals surface area contributed by atoms with E-state index in [4.69, 9.17) is 5.26 Å². The Balaban J connectivity index is 2.19. The zero-order chi connectivity index (χ0) is 15.9. The van der Waals surface area contributed by atoms with E-state index in [0.29, 0.717) is 11.3 Å². The van der Waals surface area contributed by atoms with Crippen LogP contribution in [-0.2, 0) is 4.79 Å². The Bertz CT molecular complexity index is 764. The number of nitro benzene ring substituents is 1. The van der Waals surface area contributed by atoms with Gasteiger partial charge >= 0.3 is 0 Å². The van der Waals surface area contributed by atoms with Gasteiger partial charge in [-0.2, -0.15) is 5.26 Å². The molecule has 0 N–H and O–H groups in total. The highest BCUT2D eigenvalue weighted by Crippen LogP contribution is 2.17. The lowest BCUT2D eigenvalue weighted by atomic mass is 10.00. The maximum atomic E-state index is 12.1. The summed E-state index contributed by atoms with van der Waals surface area (Å²) in [6.07, 6.45) is 4.20. The first-order valence-corrected chi connectivity index (χ1v) is 6.39. The molecule has 2 aromatic rings. The largest absolute Gasteiger partial charge is 0.293 e. The molecule has 0 saturated heterocycles. The fourth-order valence-corrected chi connectivity index (χ4v) is 1.84. The third-order valence-corrected chi connectivity index (χ3v) is 2.92. The van der Waals surface area contributed by atoms with Gasteiger partial charge in [0, 0.05) is 18.3 Å². The molecule has 0 unspecified atom stereocenters. The summed E-state index contributed by atoms with van der Waals surface area (Å²) in [6.45, 7) is 0. The Morgan fingerprint density at radius 1 is 1.32 bits per heavy atom. The number of nitriles is 1. The summed E-state index contributed by atoms with van der Waals surface area (Å²) in [5.74, 6) is -1.41. The summed E-state index contributed by atoms with van der Waals surface area (Å²) in [7, 11) is 0. The third kappa shape index (κ3) is 3.61. The number of carbonyl (C=O) groups excluding carboxylic acids is 1. The Morgan fingerprint density at radius 3 is 2.77 bits per heavy atom. The molecule has 1 aromatic carbocycles. The van der Waals surface area contributed by atoms with Crippen molar-refractivity contribution in [2.75, 3.05) is 0 Å². The molecule has 1 atom stereocenters. The van der Waals surface area contributed by atoms with E-state index in [1.54, 1.807) is 24.3 Å².